The number of nitrogens with one attached hydrogen (secondary N) is 1. The molecule has 0 bridgehead atoms. The number of carbonyl (C=O) groups excluding carboxylic acids is 2. The maximum Gasteiger partial charge on any atom is 0.254 e. The van der Waals surface area contributed by atoms with E-state index < -0.39 is 10.0 Å². The zero-order chi connectivity index (χ0) is 19.2. The molecule has 4 rings (SSSR count). The molecule has 1 atom stereocenters. The summed E-state index contributed by atoms with van der Waals surface area (Å²) in [6.07, 6.45) is 4.16. The quantitative estimate of drug-likeness (QED) is 0.801. The summed E-state index contributed by atoms with van der Waals surface area (Å²) < 4.78 is 24.6. The SMILES string of the molecule is CS(=O)(=O)N1CCN(C(=O)c2ccc3c(c2)NC(=O)C2CCCCN32)CC1. The Morgan fingerprint density at radius 2 is 1.85 bits per heavy atom. The van der Waals surface area contributed by atoms with E-state index in [1.165, 1.54) is 10.6 Å². The summed E-state index contributed by atoms with van der Waals surface area (Å²) in [4.78, 5) is 29.0. The molecule has 1 unspecified atom stereocenters. The number of benzene rings is 1. The molecule has 8 nitrogen and oxygen atoms in total. The molecule has 1 N–H and O–H groups in total. The monoisotopic (exact) mass is 392 g/mol. The Morgan fingerprint density at radius 1 is 1.11 bits per heavy atom. The topological polar surface area (TPSA) is 90.0 Å². The van der Waals surface area contributed by atoms with E-state index in [4.69, 9.17) is 0 Å². The van der Waals surface area contributed by atoms with Crippen molar-refractivity contribution < 1.29 is 18.0 Å². The van der Waals surface area contributed by atoms with Crippen LogP contribution in [0.5, 0.6) is 0 Å². The van der Waals surface area contributed by atoms with E-state index in [1.807, 2.05) is 6.07 Å². The van der Waals surface area contributed by atoms with Gasteiger partial charge in [0.15, 0.2) is 0 Å². The number of anilines is 2. The second kappa shape index (κ2) is 6.79. The van der Waals surface area contributed by atoms with Crippen molar-refractivity contribution in [3.63, 3.8) is 0 Å². The highest BCUT2D eigenvalue weighted by molar-refractivity contribution is 7.88. The molecule has 0 radical (unpaired) electrons. The van der Waals surface area contributed by atoms with E-state index in [0.717, 1.165) is 31.5 Å². The number of rotatable bonds is 2. The van der Waals surface area contributed by atoms with Gasteiger partial charge in [-0.2, -0.15) is 4.31 Å². The van der Waals surface area contributed by atoms with Crippen molar-refractivity contribution in [3.05, 3.63) is 23.8 Å². The minimum absolute atomic E-state index is 0.00596. The van der Waals surface area contributed by atoms with Crippen LogP contribution in [0, 0.1) is 0 Å². The van der Waals surface area contributed by atoms with Gasteiger partial charge in [-0.25, -0.2) is 8.42 Å². The van der Waals surface area contributed by atoms with Gasteiger partial charge in [0, 0.05) is 38.3 Å². The normalized spacial score (nSPS) is 23.4. The van der Waals surface area contributed by atoms with Crippen molar-refractivity contribution in [3.8, 4) is 0 Å². The molecular formula is C18H24N4O4S. The fraction of sp³-hybridized carbons (Fsp3) is 0.556. The third-order valence-corrected chi connectivity index (χ3v) is 6.91. The average molecular weight is 392 g/mol. The number of piperazine rings is 1. The Bertz CT molecular complexity index is 877. The summed E-state index contributed by atoms with van der Waals surface area (Å²) in [6, 6.07) is 5.33. The molecule has 27 heavy (non-hydrogen) atoms. The lowest BCUT2D eigenvalue weighted by molar-refractivity contribution is -0.118. The van der Waals surface area contributed by atoms with Gasteiger partial charge < -0.3 is 15.1 Å². The molecule has 2 saturated heterocycles. The highest BCUT2D eigenvalue weighted by atomic mass is 32.2. The molecule has 3 aliphatic heterocycles. The average Bonchev–Trinajstić information content (AvgIpc) is 2.67. The summed E-state index contributed by atoms with van der Waals surface area (Å²) in [5, 5.41) is 2.95. The molecule has 0 saturated carbocycles. The number of sulfonamides is 1. The number of amides is 2. The van der Waals surface area contributed by atoms with E-state index in [1.54, 1.807) is 17.0 Å². The predicted molar refractivity (Wildman–Crippen MR) is 102 cm³/mol. The Labute approximate surface area is 159 Å². The van der Waals surface area contributed by atoms with Crippen LogP contribution in [0.4, 0.5) is 11.4 Å². The third kappa shape index (κ3) is 3.41. The van der Waals surface area contributed by atoms with E-state index in [2.05, 4.69) is 10.2 Å². The Morgan fingerprint density at radius 3 is 2.56 bits per heavy atom. The zero-order valence-corrected chi connectivity index (χ0v) is 16.2. The number of fused-ring (bicyclic) bond motifs is 3. The van der Waals surface area contributed by atoms with Gasteiger partial charge in [0.05, 0.1) is 17.6 Å². The molecule has 146 valence electrons. The van der Waals surface area contributed by atoms with Crippen LogP contribution in [0.25, 0.3) is 0 Å². The Balaban J connectivity index is 1.52. The van der Waals surface area contributed by atoms with Crippen LogP contribution in [0.1, 0.15) is 29.6 Å². The smallest absolute Gasteiger partial charge is 0.254 e. The fourth-order valence-electron chi connectivity index (χ4n) is 4.13. The van der Waals surface area contributed by atoms with Gasteiger partial charge in [0.1, 0.15) is 6.04 Å². The van der Waals surface area contributed by atoms with Crippen molar-refractivity contribution in [2.24, 2.45) is 0 Å². The molecule has 1 aromatic rings. The van der Waals surface area contributed by atoms with Gasteiger partial charge in [-0.05, 0) is 37.5 Å². The number of carbonyl (C=O) groups is 2. The molecule has 2 amide bonds. The minimum atomic E-state index is -3.23. The van der Waals surface area contributed by atoms with Crippen LogP contribution in [0.2, 0.25) is 0 Å². The van der Waals surface area contributed by atoms with Crippen molar-refractivity contribution in [2.75, 3.05) is 49.2 Å². The summed E-state index contributed by atoms with van der Waals surface area (Å²) in [5.41, 5.74) is 2.16. The summed E-state index contributed by atoms with van der Waals surface area (Å²) >= 11 is 0. The van der Waals surface area contributed by atoms with Gasteiger partial charge in [-0.3, -0.25) is 9.59 Å². The summed E-state index contributed by atoms with van der Waals surface area (Å²) in [5.74, 6) is -0.144. The van der Waals surface area contributed by atoms with Crippen LogP contribution in [-0.4, -0.2) is 74.5 Å². The lowest BCUT2D eigenvalue weighted by Crippen LogP contribution is -2.51. The van der Waals surface area contributed by atoms with Crippen LogP contribution in [0.3, 0.4) is 0 Å². The zero-order valence-electron chi connectivity index (χ0n) is 15.3. The molecule has 0 aromatic heterocycles. The number of hydrogen-bond donors (Lipinski definition) is 1. The maximum atomic E-state index is 12.8. The Kier molecular flexibility index (Phi) is 4.59. The standard InChI is InChI=1S/C18H24N4O4S/c1-27(25,26)21-10-8-20(9-11-21)18(24)13-5-6-15-14(12-13)19-17(23)16-4-2-3-7-22(15)16/h5-6,12,16H,2-4,7-11H2,1H3,(H,19,23). The first-order valence-corrected chi connectivity index (χ1v) is 11.2. The third-order valence-electron chi connectivity index (χ3n) is 5.61. The molecule has 0 spiro atoms. The van der Waals surface area contributed by atoms with Crippen molar-refractivity contribution in [1.29, 1.82) is 0 Å². The summed E-state index contributed by atoms with van der Waals surface area (Å²) in [6.45, 7) is 2.20. The van der Waals surface area contributed by atoms with Gasteiger partial charge >= 0.3 is 0 Å². The highest BCUT2D eigenvalue weighted by Crippen LogP contribution is 2.36. The van der Waals surface area contributed by atoms with Gasteiger partial charge in [0.25, 0.3) is 5.91 Å². The van der Waals surface area contributed by atoms with E-state index in [9.17, 15) is 18.0 Å². The number of hydrogen-bond acceptors (Lipinski definition) is 5. The molecule has 2 fully saturated rings. The van der Waals surface area contributed by atoms with Gasteiger partial charge in [0.2, 0.25) is 15.9 Å². The van der Waals surface area contributed by atoms with Crippen LogP contribution in [0.15, 0.2) is 18.2 Å². The molecule has 3 heterocycles. The summed E-state index contributed by atoms with van der Waals surface area (Å²) in [7, 11) is -3.23. The second-order valence-corrected chi connectivity index (χ2v) is 9.36. The fourth-order valence-corrected chi connectivity index (χ4v) is 4.96. The van der Waals surface area contributed by atoms with Crippen molar-refractivity contribution in [1.82, 2.24) is 9.21 Å². The first kappa shape index (κ1) is 18.2. The highest BCUT2D eigenvalue weighted by Gasteiger charge is 2.35. The van der Waals surface area contributed by atoms with Gasteiger partial charge in [-0.15, -0.1) is 0 Å². The molecule has 3 aliphatic rings. The molecular weight excluding hydrogens is 368 g/mol. The van der Waals surface area contributed by atoms with Crippen LogP contribution < -0.4 is 10.2 Å². The minimum Gasteiger partial charge on any atom is -0.358 e. The molecule has 9 heteroatoms. The second-order valence-electron chi connectivity index (χ2n) is 7.38. The first-order chi connectivity index (χ1) is 12.8. The van der Waals surface area contributed by atoms with Crippen LogP contribution in [-0.2, 0) is 14.8 Å². The lowest BCUT2D eigenvalue weighted by atomic mass is 9.96. The first-order valence-electron chi connectivity index (χ1n) is 9.30. The van der Waals surface area contributed by atoms with E-state index in [0.29, 0.717) is 37.4 Å². The van der Waals surface area contributed by atoms with E-state index in [-0.39, 0.29) is 17.9 Å². The van der Waals surface area contributed by atoms with Crippen LogP contribution >= 0.6 is 0 Å². The van der Waals surface area contributed by atoms with Gasteiger partial charge in [-0.1, -0.05) is 0 Å². The molecule has 1 aromatic carbocycles. The predicted octanol–water partition coefficient (Wildman–Crippen LogP) is 0.715. The number of nitrogens with zero attached hydrogens (tertiary/aromatic N) is 3. The van der Waals surface area contributed by atoms with E-state index >= 15 is 0 Å². The largest absolute Gasteiger partial charge is 0.358 e. The number of piperidine rings is 1. The van der Waals surface area contributed by atoms with Crippen molar-refractivity contribution >= 4 is 33.2 Å². The van der Waals surface area contributed by atoms with Crippen molar-refractivity contribution in [2.45, 2.75) is 25.3 Å². The lowest BCUT2D eigenvalue weighted by Gasteiger charge is -2.41. The maximum absolute atomic E-state index is 12.8. The Hall–Kier alpha value is -2.13. The molecule has 0 aliphatic carbocycles.